The molecule has 148 valence electrons. The second-order valence-electron chi connectivity index (χ2n) is 6.37. The van der Waals surface area contributed by atoms with Gasteiger partial charge in [0.1, 0.15) is 12.4 Å². The van der Waals surface area contributed by atoms with Crippen LogP contribution in [0, 0.1) is 0 Å². The van der Waals surface area contributed by atoms with E-state index < -0.39 is 12.3 Å². The molecule has 0 bridgehead atoms. The summed E-state index contributed by atoms with van der Waals surface area (Å²) in [7, 11) is 1.70. The van der Waals surface area contributed by atoms with E-state index >= 15 is 0 Å². The SMILES string of the molecule is Cn1ccc(NC(=O)c2c(C(F)F)sc3cccc(OCc4ccccc4)c23)n1. The number of nitrogens with one attached hydrogen (secondary N) is 1. The molecule has 0 unspecified atom stereocenters. The molecule has 2 aromatic carbocycles. The number of carbonyl (C=O) groups is 1. The van der Waals surface area contributed by atoms with Gasteiger partial charge in [0, 0.05) is 29.4 Å². The fraction of sp³-hybridized carbons (Fsp3) is 0.143. The normalized spacial score (nSPS) is 11.2. The number of halogens is 2. The van der Waals surface area contributed by atoms with Gasteiger partial charge in [0.2, 0.25) is 0 Å². The number of benzene rings is 2. The molecular weight excluding hydrogens is 396 g/mol. The van der Waals surface area contributed by atoms with E-state index in [4.69, 9.17) is 4.74 Å². The summed E-state index contributed by atoms with van der Waals surface area (Å²) in [6.07, 6.45) is -1.12. The third-order valence-electron chi connectivity index (χ3n) is 4.32. The number of alkyl halides is 2. The Morgan fingerprint density at radius 3 is 2.66 bits per heavy atom. The van der Waals surface area contributed by atoms with Crippen LogP contribution in [0.3, 0.4) is 0 Å². The van der Waals surface area contributed by atoms with Crippen molar-refractivity contribution in [2.45, 2.75) is 13.0 Å². The van der Waals surface area contributed by atoms with Crippen LogP contribution in [0.1, 0.15) is 27.2 Å². The van der Waals surface area contributed by atoms with Gasteiger partial charge in [-0.15, -0.1) is 11.3 Å². The number of aryl methyl sites for hydroxylation is 1. The van der Waals surface area contributed by atoms with Gasteiger partial charge in [-0.2, -0.15) is 5.10 Å². The van der Waals surface area contributed by atoms with E-state index in [1.165, 1.54) is 4.68 Å². The summed E-state index contributed by atoms with van der Waals surface area (Å²) in [6, 6.07) is 16.2. The molecule has 1 amide bonds. The standard InChI is InChI=1S/C21H17F2N3O2S/c1-26-11-10-16(25-26)24-21(27)18-17-14(28-12-13-6-3-2-4-7-13)8-5-9-15(17)29-19(18)20(22)23/h2-11,20H,12H2,1H3,(H,24,25,27). The Labute approximate surface area is 169 Å². The van der Waals surface area contributed by atoms with Gasteiger partial charge in [-0.1, -0.05) is 36.4 Å². The van der Waals surface area contributed by atoms with E-state index in [2.05, 4.69) is 10.4 Å². The molecule has 0 aliphatic rings. The topological polar surface area (TPSA) is 56.2 Å². The molecule has 0 aliphatic heterocycles. The van der Waals surface area contributed by atoms with Crippen molar-refractivity contribution in [1.29, 1.82) is 0 Å². The van der Waals surface area contributed by atoms with Crippen molar-refractivity contribution < 1.29 is 18.3 Å². The second kappa shape index (κ2) is 8.00. The number of hydrogen-bond donors (Lipinski definition) is 1. The maximum Gasteiger partial charge on any atom is 0.273 e. The predicted octanol–water partition coefficient (Wildman–Crippen LogP) is 5.40. The van der Waals surface area contributed by atoms with Crippen LogP contribution in [-0.2, 0) is 13.7 Å². The maximum atomic E-state index is 13.7. The number of rotatable bonds is 6. The molecule has 0 saturated heterocycles. The van der Waals surface area contributed by atoms with Gasteiger partial charge in [-0.05, 0) is 17.7 Å². The van der Waals surface area contributed by atoms with Crippen LogP contribution < -0.4 is 10.1 Å². The number of nitrogens with zero attached hydrogens (tertiary/aromatic N) is 2. The lowest BCUT2D eigenvalue weighted by Crippen LogP contribution is -2.14. The zero-order chi connectivity index (χ0) is 20.4. The van der Waals surface area contributed by atoms with Gasteiger partial charge < -0.3 is 10.1 Å². The van der Waals surface area contributed by atoms with Crippen molar-refractivity contribution in [3.63, 3.8) is 0 Å². The smallest absolute Gasteiger partial charge is 0.273 e. The summed E-state index contributed by atoms with van der Waals surface area (Å²) in [4.78, 5) is 12.6. The Morgan fingerprint density at radius 2 is 1.97 bits per heavy atom. The van der Waals surface area contributed by atoms with E-state index in [0.717, 1.165) is 16.9 Å². The number of carbonyl (C=O) groups excluding carboxylic acids is 1. The highest BCUT2D eigenvalue weighted by molar-refractivity contribution is 7.19. The van der Waals surface area contributed by atoms with Crippen molar-refractivity contribution in [2.75, 3.05) is 5.32 Å². The average Bonchev–Trinajstić information content (AvgIpc) is 3.30. The molecule has 0 atom stereocenters. The third kappa shape index (κ3) is 3.97. The molecule has 29 heavy (non-hydrogen) atoms. The van der Waals surface area contributed by atoms with Crippen LogP contribution in [0.25, 0.3) is 10.1 Å². The lowest BCUT2D eigenvalue weighted by molar-refractivity contribution is 0.101. The lowest BCUT2D eigenvalue weighted by Gasteiger charge is -2.10. The lowest BCUT2D eigenvalue weighted by atomic mass is 10.1. The van der Waals surface area contributed by atoms with Crippen molar-refractivity contribution in [1.82, 2.24) is 9.78 Å². The van der Waals surface area contributed by atoms with E-state index in [0.29, 0.717) is 21.7 Å². The molecule has 0 saturated carbocycles. The van der Waals surface area contributed by atoms with Crippen molar-refractivity contribution in [2.24, 2.45) is 7.05 Å². The molecule has 2 aromatic heterocycles. The predicted molar refractivity (Wildman–Crippen MR) is 109 cm³/mol. The van der Waals surface area contributed by atoms with Crippen LogP contribution in [-0.4, -0.2) is 15.7 Å². The first kappa shape index (κ1) is 19.1. The molecule has 0 radical (unpaired) electrons. The minimum Gasteiger partial charge on any atom is -0.488 e. The van der Waals surface area contributed by atoms with Gasteiger partial charge in [-0.3, -0.25) is 9.48 Å². The molecule has 0 fully saturated rings. The number of anilines is 1. The Kier molecular flexibility index (Phi) is 5.26. The zero-order valence-corrected chi connectivity index (χ0v) is 16.2. The summed E-state index contributed by atoms with van der Waals surface area (Å²) in [5.74, 6) is 0.0430. The van der Waals surface area contributed by atoms with E-state index in [1.54, 1.807) is 37.5 Å². The maximum absolute atomic E-state index is 13.7. The first-order valence-corrected chi connectivity index (χ1v) is 9.66. The first-order valence-electron chi connectivity index (χ1n) is 8.84. The minimum absolute atomic E-state index is 0.0747. The highest BCUT2D eigenvalue weighted by Gasteiger charge is 2.27. The second-order valence-corrected chi connectivity index (χ2v) is 7.46. The highest BCUT2D eigenvalue weighted by atomic mass is 32.1. The number of ether oxygens (including phenoxy) is 1. The summed E-state index contributed by atoms with van der Waals surface area (Å²) in [5.41, 5.74) is 0.864. The van der Waals surface area contributed by atoms with Gasteiger partial charge in [0.25, 0.3) is 12.3 Å². The van der Waals surface area contributed by atoms with Gasteiger partial charge in [-0.25, -0.2) is 8.78 Å². The largest absolute Gasteiger partial charge is 0.488 e. The molecule has 2 heterocycles. The molecule has 8 heteroatoms. The van der Waals surface area contributed by atoms with Crippen LogP contribution >= 0.6 is 11.3 Å². The third-order valence-corrected chi connectivity index (χ3v) is 5.48. The quantitative estimate of drug-likeness (QED) is 0.460. The van der Waals surface area contributed by atoms with Crippen LogP contribution in [0.4, 0.5) is 14.6 Å². The Hall–Kier alpha value is -3.26. The minimum atomic E-state index is -2.78. The Bertz CT molecular complexity index is 1160. The molecule has 5 nitrogen and oxygen atoms in total. The van der Waals surface area contributed by atoms with Crippen molar-refractivity contribution in [3.8, 4) is 5.75 Å². The monoisotopic (exact) mass is 413 g/mol. The van der Waals surface area contributed by atoms with Crippen LogP contribution in [0.2, 0.25) is 0 Å². The number of amides is 1. The molecule has 0 spiro atoms. The molecule has 0 aliphatic carbocycles. The molecule has 4 rings (SSSR count). The van der Waals surface area contributed by atoms with Crippen LogP contribution in [0.5, 0.6) is 5.75 Å². The Morgan fingerprint density at radius 1 is 1.17 bits per heavy atom. The van der Waals surface area contributed by atoms with Gasteiger partial charge >= 0.3 is 0 Å². The summed E-state index contributed by atoms with van der Waals surface area (Å²) < 4.78 is 35.4. The fourth-order valence-corrected chi connectivity index (χ4v) is 4.10. The summed E-state index contributed by atoms with van der Waals surface area (Å²) >= 11 is 0.895. The van der Waals surface area contributed by atoms with Crippen molar-refractivity contribution >= 4 is 33.1 Å². The van der Waals surface area contributed by atoms with E-state index in [-0.39, 0.29) is 17.0 Å². The molecule has 4 aromatic rings. The number of fused-ring (bicyclic) bond motifs is 1. The average molecular weight is 413 g/mol. The summed E-state index contributed by atoms with van der Waals surface area (Å²) in [5, 5.41) is 7.07. The number of hydrogen-bond acceptors (Lipinski definition) is 4. The number of thiophene rings is 1. The number of aromatic nitrogens is 2. The van der Waals surface area contributed by atoms with Gasteiger partial charge in [0.05, 0.1) is 10.4 Å². The Balaban J connectivity index is 1.74. The highest BCUT2D eigenvalue weighted by Crippen LogP contribution is 2.42. The summed E-state index contributed by atoms with van der Waals surface area (Å²) in [6.45, 7) is 0.265. The van der Waals surface area contributed by atoms with Gasteiger partial charge in [0.15, 0.2) is 5.82 Å². The van der Waals surface area contributed by atoms with Crippen LogP contribution in [0.15, 0.2) is 60.8 Å². The van der Waals surface area contributed by atoms with Crippen molar-refractivity contribution in [3.05, 3.63) is 76.8 Å². The van der Waals surface area contributed by atoms with E-state index in [9.17, 15) is 13.6 Å². The van der Waals surface area contributed by atoms with E-state index in [1.807, 2.05) is 30.3 Å². The molecule has 1 N–H and O–H groups in total. The molecular formula is C21H17F2N3O2S. The first-order chi connectivity index (χ1) is 14.0. The zero-order valence-electron chi connectivity index (χ0n) is 15.4. The fourth-order valence-electron chi connectivity index (χ4n) is 3.03.